The number of halogens is 1. The molecule has 0 aromatic heterocycles. The lowest BCUT2D eigenvalue weighted by Gasteiger charge is -2.13. The molecule has 4 nitrogen and oxygen atoms in total. The summed E-state index contributed by atoms with van der Waals surface area (Å²) in [6, 6.07) is 14.6. The second-order valence-electron chi connectivity index (χ2n) is 4.58. The molecule has 3 N–H and O–H groups in total. The summed E-state index contributed by atoms with van der Waals surface area (Å²) in [4.78, 5) is 12.1. The van der Waals surface area contributed by atoms with Crippen molar-refractivity contribution in [3.8, 4) is 5.75 Å². The molecular formula is C16H17BrN2O2. The van der Waals surface area contributed by atoms with E-state index in [2.05, 4.69) is 21.2 Å². The Morgan fingerprint density at radius 1 is 1.29 bits per heavy atom. The number of nitrogens with one attached hydrogen (secondary N) is 1. The molecule has 2 aromatic carbocycles. The van der Waals surface area contributed by atoms with Gasteiger partial charge in [0.1, 0.15) is 5.75 Å². The molecule has 0 heterocycles. The Morgan fingerprint density at radius 2 is 2.00 bits per heavy atom. The number of carbonyl (C=O) groups is 1. The summed E-state index contributed by atoms with van der Waals surface area (Å²) in [5.74, 6) is 0.525. The van der Waals surface area contributed by atoms with E-state index in [0.717, 1.165) is 10.0 Å². The summed E-state index contributed by atoms with van der Waals surface area (Å²) in [5, 5.41) is 2.84. The van der Waals surface area contributed by atoms with Crippen molar-refractivity contribution in [1.29, 1.82) is 0 Å². The highest BCUT2D eigenvalue weighted by Gasteiger charge is 2.11. The summed E-state index contributed by atoms with van der Waals surface area (Å²) in [7, 11) is 1.58. The van der Waals surface area contributed by atoms with Crippen LogP contribution >= 0.6 is 15.9 Å². The number of hydrogen-bond acceptors (Lipinski definition) is 3. The van der Waals surface area contributed by atoms with Crippen molar-refractivity contribution >= 4 is 21.8 Å². The van der Waals surface area contributed by atoms with Crippen LogP contribution in [0, 0.1) is 0 Å². The summed E-state index contributed by atoms with van der Waals surface area (Å²) in [6.45, 7) is 0.381. The van der Waals surface area contributed by atoms with Crippen molar-refractivity contribution in [1.82, 2.24) is 5.32 Å². The van der Waals surface area contributed by atoms with Gasteiger partial charge >= 0.3 is 0 Å². The van der Waals surface area contributed by atoms with E-state index >= 15 is 0 Å². The molecule has 110 valence electrons. The Hall–Kier alpha value is -1.85. The Bertz CT molecular complexity index is 617. The third-order valence-corrected chi connectivity index (χ3v) is 3.74. The molecule has 0 aliphatic rings. The SMILES string of the molecule is COc1ccc(C(=O)NCC(N)c2ccccc2)cc1Br. The Labute approximate surface area is 132 Å². The summed E-state index contributed by atoms with van der Waals surface area (Å²) in [5.41, 5.74) is 7.61. The van der Waals surface area contributed by atoms with Gasteiger partial charge in [0.25, 0.3) is 5.91 Å². The van der Waals surface area contributed by atoms with E-state index in [1.807, 2.05) is 30.3 Å². The molecule has 0 aliphatic heterocycles. The zero-order chi connectivity index (χ0) is 15.2. The molecule has 0 saturated heterocycles. The lowest BCUT2D eigenvalue weighted by Crippen LogP contribution is -2.31. The molecule has 0 radical (unpaired) electrons. The average molecular weight is 349 g/mol. The minimum Gasteiger partial charge on any atom is -0.496 e. The van der Waals surface area contributed by atoms with Crippen molar-refractivity contribution < 1.29 is 9.53 Å². The monoisotopic (exact) mass is 348 g/mol. The molecule has 0 bridgehead atoms. The molecule has 2 rings (SSSR count). The third-order valence-electron chi connectivity index (χ3n) is 3.12. The van der Waals surface area contributed by atoms with Crippen LogP contribution in [0.3, 0.4) is 0 Å². The standard InChI is InChI=1S/C16H17BrN2O2/c1-21-15-8-7-12(9-13(15)17)16(20)19-10-14(18)11-5-3-2-4-6-11/h2-9,14H,10,18H2,1H3,(H,19,20). The second kappa shape index (κ2) is 7.24. The molecular weight excluding hydrogens is 332 g/mol. The topological polar surface area (TPSA) is 64.3 Å². The number of carbonyl (C=O) groups excluding carboxylic acids is 1. The maximum absolute atomic E-state index is 12.1. The minimum atomic E-state index is -0.225. The van der Waals surface area contributed by atoms with Crippen molar-refractivity contribution in [2.75, 3.05) is 13.7 Å². The summed E-state index contributed by atoms with van der Waals surface area (Å²) < 4.78 is 5.88. The Balaban J connectivity index is 1.97. The number of rotatable bonds is 5. The van der Waals surface area contributed by atoms with Gasteiger partial charge in [-0.15, -0.1) is 0 Å². The summed E-state index contributed by atoms with van der Waals surface area (Å²) >= 11 is 3.36. The first-order valence-corrected chi connectivity index (χ1v) is 7.33. The fourth-order valence-electron chi connectivity index (χ4n) is 1.93. The first-order chi connectivity index (χ1) is 10.1. The van der Waals surface area contributed by atoms with Gasteiger partial charge in [-0.1, -0.05) is 30.3 Å². The number of benzene rings is 2. The van der Waals surface area contributed by atoms with Crippen LogP contribution in [0.1, 0.15) is 22.0 Å². The van der Waals surface area contributed by atoms with Gasteiger partial charge < -0.3 is 15.8 Å². The van der Waals surface area contributed by atoms with Gasteiger partial charge in [0, 0.05) is 18.2 Å². The molecule has 5 heteroatoms. The first-order valence-electron chi connectivity index (χ1n) is 6.54. The van der Waals surface area contributed by atoms with Crippen LogP contribution < -0.4 is 15.8 Å². The Morgan fingerprint density at radius 3 is 2.62 bits per heavy atom. The number of methoxy groups -OCH3 is 1. The van der Waals surface area contributed by atoms with Crippen LogP contribution in [0.25, 0.3) is 0 Å². The first kappa shape index (κ1) is 15.5. The number of amides is 1. The van der Waals surface area contributed by atoms with Crippen molar-refractivity contribution in [2.45, 2.75) is 6.04 Å². The van der Waals surface area contributed by atoms with E-state index in [1.165, 1.54) is 0 Å². The highest BCUT2D eigenvalue weighted by Crippen LogP contribution is 2.25. The fraction of sp³-hybridized carbons (Fsp3) is 0.188. The minimum absolute atomic E-state index is 0.162. The predicted octanol–water partition coefficient (Wildman–Crippen LogP) is 2.89. The van der Waals surface area contributed by atoms with E-state index in [0.29, 0.717) is 17.9 Å². The van der Waals surface area contributed by atoms with Crippen molar-refractivity contribution in [3.63, 3.8) is 0 Å². The molecule has 1 amide bonds. The van der Waals surface area contributed by atoms with Crippen molar-refractivity contribution in [2.24, 2.45) is 5.73 Å². The van der Waals surface area contributed by atoms with E-state index < -0.39 is 0 Å². The van der Waals surface area contributed by atoms with Crippen LogP contribution in [-0.4, -0.2) is 19.6 Å². The highest BCUT2D eigenvalue weighted by molar-refractivity contribution is 9.10. The summed E-state index contributed by atoms with van der Waals surface area (Å²) in [6.07, 6.45) is 0. The van der Waals surface area contributed by atoms with Crippen LogP contribution in [0.15, 0.2) is 53.0 Å². The average Bonchev–Trinajstić information content (AvgIpc) is 2.53. The highest BCUT2D eigenvalue weighted by atomic mass is 79.9. The van der Waals surface area contributed by atoms with Crippen LogP contribution in [0.5, 0.6) is 5.75 Å². The lowest BCUT2D eigenvalue weighted by atomic mass is 10.1. The largest absolute Gasteiger partial charge is 0.496 e. The number of hydrogen-bond donors (Lipinski definition) is 2. The molecule has 0 fully saturated rings. The van der Waals surface area contributed by atoms with Gasteiger partial charge in [-0.05, 0) is 39.7 Å². The second-order valence-corrected chi connectivity index (χ2v) is 5.43. The zero-order valence-electron chi connectivity index (χ0n) is 11.7. The van der Waals surface area contributed by atoms with Gasteiger partial charge in [-0.2, -0.15) is 0 Å². The van der Waals surface area contributed by atoms with Crippen LogP contribution in [0.4, 0.5) is 0 Å². The lowest BCUT2D eigenvalue weighted by molar-refractivity contribution is 0.0951. The van der Waals surface area contributed by atoms with Gasteiger partial charge in [0.15, 0.2) is 0 Å². The zero-order valence-corrected chi connectivity index (χ0v) is 13.3. The number of nitrogens with two attached hydrogens (primary N) is 1. The van der Waals surface area contributed by atoms with E-state index in [9.17, 15) is 4.79 Å². The molecule has 1 atom stereocenters. The van der Waals surface area contributed by atoms with Gasteiger partial charge in [0.05, 0.1) is 11.6 Å². The quantitative estimate of drug-likeness (QED) is 0.873. The molecule has 21 heavy (non-hydrogen) atoms. The Kier molecular flexibility index (Phi) is 5.36. The van der Waals surface area contributed by atoms with E-state index in [-0.39, 0.29) is 11.9 Å². The van der Waals surface area contributed by atoms with Crippen LogP contribution in [-0.2, 0) is 0 Å². The van der Waals surface area contributed by atoms with Gasteiger partial charge in [-0.25, -0.2) is 0 Å². The predicted molar refractivity (Wildman–Crippen MR) is 86.4 cm³/mol. The van der Waals surface area contributed by atoms with Gasteiger partial charge in [0.2, 0.25) is 0 Å². The van der Waals surface area contributed by atoms with Gasteiger partial charge in [-0.3, -0.25) is 4.79 Å². The molecule has 0 saturated carbocycles. The van der Waals surface area contributed by atoms with E-state index in [1.54, 1.807) is 25.3 Å². The molecule has 0 aliphatic carbocycles. The molecule has 2 aromatic rings. The van der Waals surface area contributed by atoms with E-state index in [4.69, 9.17) is 10.5 Å². The normalized spacial score (nSPS) is 11.8. The number of ether oxygens (including phenoxy) is 1. The smallest absolute Gasteiger partial charge is 0.251 e. The van der Waals surface area contributed by atoms with Crippen molar-refractivity contribution in [3.05, 3.63) is 64.1 Å². The maximum atomic E-state index is 12.1. The third kappa shape index (κ3) is 4.06. The molecule has 0 spiro atoms. The maximum Gasteiger partial charge on any atom is 0.251 e. The van der Waals surface area contributed by atoms with Crippen LogP contribution in [0.2, 0.25) is 0 Å². The fourth-order valence-corrected chi connectivity index (χ4v) is 2.47. The molecule has 1 unspecified atom stereocenters.